The summed E-state index contributed by atoms with van der Waals surface area (Å²) in [4.78, 5) is 11.0. The van der Waals surface area contributed by atoms with Crippen LogP contribution >= 0.6 is 10.0 Å². The summed E-state index contributed by atoms with van der Waals surface area (Å²) in [5, 5.41) is 9.06. The third-order valence-corrected chi connectivity index (χ3v) is 3.89. The van der Waals surface area contributed by atoms with Gasteiger partial charge < -0.3 is 5.11 Å². The summed E-state index contributed by atoms with van der Waals surface area (Å²) in [5.74, 6) is 0.325. The van der Waals surface area contributed by atoms with Crippen LogP contribution in [-0.2, 0) is 4.79 Å². The van der Waals surface area contributed by atoms with E-state index in [1.165, 1.54) is 0 Å². The van der Waals surface area contributed by atoms with Crippen molar-refractivity contribution < 1.29 is 9.90 Å². The zero-order chi connectivity index (χ0) is 9.41. The van der Waals surface area contributed by atoms with Gasteiger partial charge in [-0.3, -0.25) is 4.79 Å². The first-order valence-corrected chi connectivity index (χ1v) is 7.28. The van der Waals surface area contributed by atoms with E-state index in [4.69, 9.17) is 5.11 Å². The lowest BCUT2D eigenvalue weighted by Gasteiger charge is -2.43. The van der Waals surface area contributed by atoms with Crippen LogP contribution < -0.4 is 0 Å². The predicted molar refractivity (Wildman–Crippen MR) is 54.1 cm³/mol. The molecule has 0 saturated heterocycles. The van der Waals surface area contributed by atoms with E-state index in [9.17, 15) is 4.79 Å². The molecule has 12 heavy (non-hydrogen) atoms. The molecule has 0 spiro atoms. The van der Waals surface area contributed by atoms with Crippen LogP contribution in [-0.4, -0.2) is 35.6 Å². The topological polar surface area (TPSA) is 37.3 Å². The Morgan fingerprint density at radius 3 is 2.00 bits per heavy atom. The van der Waals surface area contributed by atoms with Crippen LogP contribution in [0.15, 0.2) is 0 Å². The maximum Gasteiger partial charge on any atom is 0.310 e. The lowest BCUT2D eigenvalue weighted by atomic mass is 9.70. The second kappa shape index (κ2) is 2.95. The average Bonchev–Trinajstić information content (AvgIpc) is 1.75. The Morgan fingerprint density at radius 2 is 1.92 bits per heavy atom. The second-order valence-corrected chi connectivity index (χ2v) is 9.14. The van der Waals surface area contributed by atoms with Gasteiger partial charge in [0.25, 0.3) is 0 Å². The summed E-state index contributed by atoms with van der Waals surface area (Å²) < 4.78 is 0. The van der Waals surface area contributed by atoms with Gasteiger partial charge in [0.05, 0.1) is 5.41 Å². The predicted octanol–water partition coefficient (Wildman–Crippen LogP) is 1.94. The van der Waals surface area contributed by atoms with E-state index in [1.807, 2.05) is 0 Å². The van der Waals surface area contributed by atoms with Crippen molar-refractivity contribution in [2.24, 2.45) is 5.41 Å². The number of hydrogen-bond donors (Lipinski definition) is 1. The third-order valence-electron chi connectivity index (χ3n) is 2.47. The number of carbonyl (C=O) groups is 1. The van der Waals surface area contributed by atoms with E-state index >= 15 is 0 Å². The zero-order valence-corrected chi connectivity index (χ0v) is 8.91. The summed E-state index contributed by atoms with van der Waals surface area (Å²) in [5.41, 5.74) is -0.340. The normalized spacial score (nSPS) is 22.9. The van der Waals surface area contributed by atoms with Crippen LogP contribution in [0.3, 0.4) is 0 Å². The molecule has 0 aromatic heterocycles. The first kappa shape index (κ1) is 9.90. The Balaban J connectivity index is 2.63. The summed E-state index contributed by atoms with van der Waals surface area (Å²) in [6.07, 6.45) is 9.46. The quantitative estimate of drug-likeness (QED) is 0.738. The smallest absolute Gasteiger partial charge is 0.310 e. The molecule has 0 unspecified atom stereocenters. The molecule has 2 nitrogen and oxygen atoms in total. The van der Waals surface area contributed by atoms with Crippen LogP contribution in [0.4, 0.5) is 0 Å². The van der Waals surface area contributed by atoms with Gasteiger partial charge in [-0.05, 0) is 37.4 Å². The Morgan fingerprint density at radius 1 is 1.42 bits per heavy atom. The molecule has 0 amide bonds. The van der Waals surface area contributed by atoms with Crippen molar-refractivity contribution in [3.8, 4) is 0 Å². The minimum Gasteiger partial charge on any atom is -0.481 e. The Kier molecular flexibility index (Phi) is 2.43. The van der Waals surface area contributed by atoms with Crippen LogP contribution in [0.1, 0.15) is 19.3 Å². The number of rotatable bonds is 3. The third kappa shape index (κ3) is 1.94. The van der Waals surface area contributed by atoms with Crippen molar-refractivity contribution in [2.75, 3.05) is 24.5 Å². The van der Waals surface area contributed by atoms with Gasteiger partial charge in [0.1, 0.15) is 0 Å². The van der Waals surface area contributed by atoms with Gasteiger partial charge in [-0.2, -0.15) is 0 Å². The van der Waals surface area contributed by atoms with E-state index in [1.54, 1.807) is 0 Å². The first-order chi connectivity index (χ1) is 5.36. The second-order valence-electron chi connectivity index (χ2n) is 4.67. The van der Waals surface area contributed by atoms with Crippen molar-refractivity contribution in [3.05, 3.63) is 0 Å². The molecule has 72 valence electrons. The van der Waals surface area contributed by atoms with E-state index in [0.717, 1.165) is 25.0 Å². The molecule has 1 rings (SSSR count). The van der Waals surface area contributed by atoms with Crippen molar-refractivity contribution in [1.29, 1.82) is 0 Å². The van der Waals surface area contributed by atoms with Gasteiger partial charge in [-0.25, -0.2) is 10.0 Å². The number of carboxylic acids is 1. The highest BCUT2D eigenvalue weighted by atomic mass is 32.3. The Hall–Kier alpha value is -0.180. The van der Waals surface area contributed by atoms with Gasteiger partial charge >= 0.3 is 5.97 Å². The molecule has 1 fully saturated rings. The number of carboxylic acid groups (broad SMARTS) is 1. The van der Waals surface area contributed by atoms with Gasteiger partial charge in [0.2, 0.25) is 0 Å². The standard InChI is InChI=1S/C9H18O2S/c1-12(2,3)7-9(8(10)11)5-4-6-9/h4-7H2,1-3H3,(H,10,11). The Labute approximate surface area is 75.7 Å². The van der Waals surface area contributed by atoms with E-state index in [-0.39, 0.29) is 5.41 Å². The number of hydrogen-bond acceptors (Lipinski definition) is 1. The highest BCUT2D eigenvalue weighted by molar-refractivity contribution is 8.32. The zero-order valence-electron chi connectivity index (χ0n) is 8.09. The molecule has 0 bridgehead atoms. The molecular weight excluding hydrogens is 172 g/mol. The SMILES string of the molecule is CS(C)(C)CC1(C(=O)O)CCC1. The fourth-order valence-electron chi connectivity index (χ4n) is 1.85. The molecule has 1 saturated carbocycles. The summed E-state index contributed by atoms with van der Waals surface area (Å²) in [6, 6.07) is 0. The van der Waals surface area contributed by atoms with Crippen LogP contribution in [0.2, 0.25) is 0 Å². The lowest BCUT2D eigenvalue weighted by molar-refractivity contribution is -0.152. The minimum atomic E-state index is -0.668. The van der Waals surface area contributed by atoms with Gasteiger partial charge in [0, 0.05) is 0 Å². The molecular formula is C9H18O2S. The lowest BCUT2D eigenvalue weighted by Crippen LogP contribution is -2.42. The molecule has 0 atom stereocenters. The fraction of sp³-hybridized carbons (Fsp3) is 0.889. The molecule has 1 aliphatic rings. The van der Waals surface area contributed by atoms with Gasteiger partial charge in [-0.15, -0.1) is 0 Å². The van der Waals surface area contributed by atoms with Gasteiger partial charge in [0.15, 0.2) is 0 Å². The highest BCUT2D eigenvalue weighted by Crippen LogP contribution is 2.51. The summed E-state index contributed by atoms with van der Waals surface area (Å²) >= 11 is 0. The first-order valence-electron chi connectivity index (χ1n) is 4.25. The maximum absolute atomic E-state index is 11.0. The van der Waals surface area contributed by atoms with Crippen molar-refractivity contribution in [2.45, 2.75) is 19.3 Å². The molecule has 1 N–H and O–H groups in total. The molecule has 0 radical (unpaired) electrons. The van der Waals surface area contributed by atoms with E-state index < -0.39 is 16.0 Å². The van der Waals surface area contributed by atoms with Crippen molar-refractivity contribution >= 4 is 16.0 Å². The monoisotopic (exact) mass is 190 g/mol. The maximum atomic E-state index is 11.0. The van der Waals surface area contributed by atoms with Gasteiger partial charge in [-0.1, -0.05) is 6.42 Å². The highest BCUT2D eigenvalue weighted by Gasteiger charge is 2.45. The average molecular weight is 190 g/mol. The molecule has 0 heterocycles. The fourth-order valence-corrected chi connectivity index (χ4v) is 3.92. The molecule has 0 aromatic rings. The van der Waals surface area contributed by atoms with Crippen molar-refractivity contribution in [1.82, 2.24) is 0 Å². The molecule has 0 aliphatic heterocycles. The largest absolute Gasteiger partial charge is 0.481 e. The van der Waals surface area contributed by atoms with Crippen molar-refractivity contribution in [3.63, 3.8) is 0 Å². The molecule has 3 heteroatoms. The molecule has 1 aliphatic carbocycles. The van der Waals surface area contributed by atoms with Crippen LogP contribution in [0.5, 0.6) is 0 Å². The summed E-state index contributed by atoms with van der Waals surface area (Å²) in [6.45, 7) is 0. The van der Waals surface area contributed by atoms with E-state index in [2.05, 4.69) is 18.8 Å². The van der Waals surface area contributed by atoms with E-state index in [0.29, 0.717) is 0 Å². The van der Waals surface area contributed by atoms with Crippen LogP contribution in [0, 0.1) is 5.41 Å². The summed E-state index contributed by atoms with van der Waals surface area (Å²) in [7, 11) is -0.668. The number of aliphatic carboxylic acids is 1. The Bertz CT molecular complexity index is 189. The van der Waals surface area contributed by atoms with Crippen LogP contribution in [0.25, 0.3) is 0 Å². The minimum absolute atomic E-state index is 0.340. The molecule has 0 aromatic carbocycles.